The van der Waals surface area contributed by atoms with E-state index in [0.29, 0.717) is 32.6 Å². The molecule has 1 heterocycles. The molecule has 0 aromatic carbocycles. The van der Waals surface area contributed by atoms with Gasteiger partial charge in [-0.1, -0.05) is 6.92 Å². The summed E-state index contributed by atoms with van der Waals surface area (Å²) in [7, 11) is 0. The average molecular weight is 278 g/mol. The minimum Gasteiger partial charge on any atom is -0.341 e. The first kappa shape index (κ1) is 14.6. The largest absolute Gasteiger partial charge is 0.395 e. The van der Waals surface area contributed by atoms with E-state index in [9.17, 15) is 18.0 Å². The maximum absolute atomic E-state index is 12.9. The van der Waals surface area contributed by atoms with Crippen LogP contribution in [0.2, 0.25) is 0 Å². The topological polar surface area (TPSA) is 23.6 Å². The van der Waals surface area contributed by atoms with E-state index in [0.717, 1.165) is 6.42 Å². The van der Waals surface area contributed by atoms with E-state index in [1.165, 1.54) is 0 Å². The first-order chi connectivity index (χ1) is 8.88. The Bertz CT molecular complexity index is 339. The Morgan fingerprint density at radius 1 is 1.16 bits per heavy atom. The summed E-state index contributed by atoms with van der Waals surface area (Å²) in [5, 5.41) is 0. The Hall–Kier alpha value is -0.780. The predicted molar refractivity (Wildman–Crippen MR) is 65.7 cm³/mol. The summed E-state index contributed by atoms with van der Waals surface area (Å²) in [5.74, 6) is 0.0961. The van der Waals surface area contributed by atoms with Gasteiger partial charge in [0.25, 0.3) is 0 Å². The minimum atomic E-state index is -4.09. The molecule has 1 amide bonds. The van der Waals surface area contributed by atoms with Crippen LogP contribution in [0.5, 0.6) is 0 Å². The number of hydrogen-bond donors (Lipinski definition) is 0. The Balaban J connectivity index is 1.89. The smallest absolute Gasteiger partial charge is 0.341 e. The fourth-order valence-corrected chi connectivity index (χ4v) is 2.71. The fourth-order valence-electron chi connectivity index (χ4n) is 2.71. The van der Waals surface area contributed by atoms with Crippen molar-refractivity contribution in [2.45, 2.75) is 38.8 Å². The van der Waals surface area contributed by atoms with E-state index in [4.69, 9.17) is 0 Å². The number of carbonyl (C=O) groups is 1. The van der Waals surface area contributed by atoms with Crippen molar-refractivity contribution >= 4 is 5.91 Å². The number of halogens is 3. The van der Waals surface area contributed by atoms with Crippen molar-refractivity contribution in [1.82, 2.24) is 9.80 Å². The highest BCUT2D eigenvalue weighted by Gasteiger charge is 2.63. The number of carbonyl (C=O) groups excluding carboxylic acids is 1. The van der Waals surface area contributed by atoms with E-state index in [1.807, 2.05) is 11.8 Å². The van der Waals surface area contributed by atoms with Crippen molar-refractivity contribution in [1.29, 1.82) is 0 Å². The Labute approximate surface area is 111 Å². The van der Waals surface area contributed by atoms with Gasteiger partial charge in [0.1, 0.15) is 0 Å². The maximum Gasteiger partial charge on any atom is 0.395 e. The van der Waals surface area contributed by atoms with E-state index in [2.05, 4.69) is 0 Å². The van der Waals surface area contributed by atoms with E-state index < -0.39 is 11.6 Å². The molecule has 2 rings (SSSR count). The molecule has 0 bridgehead atoms. The molecule has 1 saturated carbocycles. The lowest BCUT2D eigenvalue weighted by Gasteiger charge is -2.27. The molecule has 19 heavy (non-hydrogen) atoms. The van der Waals surface area contributed by atoms with Gasteiger partial charge in [-0.25, -0.2) is 0 Å². The first-order valence-electron chi connectivity index (χ1n) is 6.95. The Morgan fingerprint density at radius 2 is 1.84 bits per heavy atom. The van der Waals surface area contributed by atoms with Crippen LogP contribution in [0.3, 0.4) is 0 Å². The average Bonchev–Trinajstić information content (AvgIpc) is 3.13. The van der Waals surface area contributed by atoms with Crippen LogP contribution in [0.4, 0.5) is 13.2 Å². The molecule has 0 spiro atoms. The van der Waals surface area contributed by atoms with Crippen LogP contribution in [0, 0.1) is 5.41 Å². The molecule has 2 fully saturated rings. The van der Waals surface area contributed by atoms with Crippen LogP contribution in [0.25, 0.3) is 0 Å². The number of rotatable bonds is 3. The summed E-state index contributed by atoms with van der Waals surface area (Å²) in [6.45, 7) is 4.36. The highest BCUT2D eigenvalue weighted by molar-refractivity contribution is 5.75. The molecule has 0 aromatic rings. The minimum absolute atomic E-state index is 0.0961. The number of hydrogen-bond acceptors (Lipinski definition) is 2. The van der Waals surface area contributed by atoms with Crippen LogP contribution in [-0.2, 0) is 4.79 Å². The molecule has 2 aliphatic rings. The molecule has 1 aliphatic carbocycles. The van der Waals surface area contributed by atoms with Crippen molar-refractivity contribution in [2.24, 2.45) is 5.41 Å². The van der Waals surface area contributed by atoms with Crippen molar-refractivity contribution in [2.75, 3.05) is 32.7 Å². The first-order valence-corrected chi connectivity index (χ1v) is 6.95. The standard InChI is InChI=1S/C13H21F3N2O/c1-2-11(19)18-7-3-6-17(8-9-18)10-12(4-5-12)13(14,15)16/h2-10H2,1H3. The van der Waals surface area contributed by atoms with Gasteiger partial charge in [0, 0.05) is 32.6 Å². The third kappa shape index (κ3) is 3.22. The second kappa shape index (κ2) is 5.31. The molecule has 6 heteroatoms. The second-order valence-electron chi connectivity index (χ2n) is 5.64. The molecule has 3 nitrogen and oxygen atoms in total. The fraction of sp³-hybridized carbons (Fsp3) is 0.923. The van der Waals surface area contributed by atoms with E-state index >= 15 is 0 Å². The van der Waals surface area contributed by atoms with Gasteiger partial charge in [0.15, 0.2) is 0 Å². The maximum atomic E-state index is 12.9. The van der Waals surface area contributed by atoms with Crippen LogP contribution in [-0.4, -0.2) is 54.6 Å². The van der Waals surface area contributed by atoms with Gasteiger partial charge in [-0.2, -0.15) is 13.2 Å². The highest BCUT2D eigenvalue weighted by atomic mass is 19.4. The van der Waals surface area contributed by atoms with Gasteiger partial charge in [0.05, 0.1) is 5.41 Å². The third-order valence-electron chi connectivity index (χ3n) is 4.22. The summed E-state index contributed by atoms with van der Waals surface area (Å²) in [4.78, 5) is 15.3. The predicted octanol–water partition coefficient (Wildman–Crippen LogP) is 2.27. The highest BCUT2D eigenvalue weighted by Crippen LogP contribution is 2.57. The van der Waals surface area contributed by atoms with Gasteiger partial charge in [-0.05, 0) is 25.8 Å². The molecule has 0 radical (unpaired) electrons. The van der Waals surface area contributed by atoms with Crippen LogP contribution in [0.15, 0.2) is 0 Å². The molecule has 0 unspecified atom stereocenters. The Morgan fingerprint density at radius 3 is 2.37 bits per heavy atom. The molecule has 1 aliphatic heterocycles. The summed E-state index contributed by atoms with van der Waals surface area (Å²) in [6, 6.07) is 0. The summed E-state index contributed by atoms with van der Waals surface area (Å²) >= 11 is 0. The van der Waals surface area contributed by atoms with E-state index in [-0.39, 0.29) is 25.3 Å². The van der Waals surface area contributed by atoms with Crippen molar-refractivity contribution < 1.29 is 18.0 Å². The van der Waals surface area contributed by atoms with E-state index in [1.54, 1.807) is 4.90 Å². The van der Waals surface area contributed by atoms with Gasteiger partial charge < -0.3 is 9.80 Å². The normalized spacial score (nSPS) is 24.1. The second-order valence-corrected chi connectivity index (χ2v) is 5.64. The molecule has 0 atom stereocenters. The molecule has 0 aromatic heterocycles. The molecular formula is C13H21F3N2O. The summed E-state index contributed by atoms with van der Waals surface area (Å²) in [5.41, 5.74) is -1.46. The van der Waals surface area contributed by atoms with Gasteiger partial charge >= 0.3 is 6.18 Å². The van der Waals surface area contributed by atoms with Crippen LogP contribution < -0.4 is 0 Å². The van der Waals surface area contributed by atoms with Gasteiger partial charge in [-0.3, -0.25) is 4.79 Å². The lowest BCUT2D eigenvalue weighted by Crippen LogP contribution is -2.40. The number of alkyl halides is 3. The lowest BCUT2D eigenvalue weighted by atomic mass is 10.1. The third-order valence-corrected chi connectivity index (χ3v) is 4.22. The zero-order valence-electron chi connectivity index (χ0n) is 11.3. The Kier molecular flexibility index (Phi) is 4.08. The van der Waals surface area contributed by atoms with Crippen LogP contribution >= 0.6 is 0 Å². The molecular weight excluding hydrogens is 257 g/mol. The SMILES string of the molecule is CCC(=O)N1CCCN(CC2(C(F)(F)F)CC2)CC1. The zero-order chi connectivity index (χ0) is 14.1. The summed E-state index contributed by atoms with van der Waals surface area (Å²) in [6.07, 6.45) is -2.35. The van der Waals surface area contributed by atoms with Crippen molar-refractivity contribution in [3.63, 3.8) is 0 Å². The molecule has 0 N–H and O–H groups in total. The van der Waals surface area contributed by atoms with Crippen molar-refractivity contribution in [3.8, 4) is 0 Å². The molecule has 110 valence electrons. The quantitative estimate of drug-likeness (QED) is 0.790. The van der Waals surface area contributed by atoms with Gasteiger partial charge in [-0.15, -0.1) is 0 Å². The van der Waals surface area contributed by atoms with Crippen molar-refractivity contribution in [3.05, 3.63) is 0 Å². The van der Waals surface area contributed by atoms with Gasteiger partial charge in [0.2, 0.25) is 5.91 Å². The molecule has 1 saturated heterocycles. The monoisotopic (exact) mass is 278 g/mol. The zero-order valence-corrected chi connectivity index (χ0v) is 11.3. The number of nitrogens with zero attached hydrogens (tertiary/aromatic N) is 2. The number of amides is 1. The van der Waals surface area contributed by atoms with Crippen LogP contribution in [0.1, 0.15) is 32.6 Å². The summed E-state index contributed by atoms with van der Waals surface area (Å²) < 4.78 is 38.8. The lowest BCUT2D eigenvalue weighted by molar-refractivity contribution is -0.191.